The molecule has 2 heteroatoms. The predicted molar refractivity (Wildman–Crippen MR) is 227 cm³/mol. The summed E-state index contributed by atoms with van der Waals surface area (Å²) in [6.07, 6.45) is 42.8. The van der Waals surface area contributed by atoms with Crippen molar-refractivity contribution in [3.8, 4) is 0 Å². The fourth-order valence-electron chi connectivity index (χ4n) is 10.6. The molecule has 1 fully saturated rings. The fraction of sp³-hybridized carbons (Fsp3) is 0.269. The fourth-order valence-corrected chi connectivity index (χ4v) is 10.6. The number of hydrogen-bond acceptors (Lipinski definition) is 2. The van der Waals surface area contributed by atoms with Gasteiger partial charge in [-0.2, -0.15) is 0 Å². The van der Waals surface area contributed by atoms with Gasteiger partial charge in [0.25, 0.3) is 0 Å². The van der Waals surface area contributed by atoms with Crippen molar-refractivity contribution in [2.45, 2.75) is 57.8 Å². The van der Waals surface area contributed by atoms with Crippen LogP contribution in [-0.2, 0) is 6.42 Å². The molecule has 6 atom stereocenters. The molecule has 10 rings (SSSR count). The number of aryl methyl sites for hydroxylation is 1. The largest absolute Gasteiger partial charge is 0.456 e. The van der Waals surface area contributed by atoms with Crippen LogP contribution in [0, 0.1) is 29.6 Å². The average molecular weight is 704 g/mol. The van der Waals surface area contributed by atoms with Crippen molar-refractivity contribution >= 4 is 39.7 Å². The summed E-state index contributed by atoms with van der Waals surface area (Å²) in [7, 11) is 0. The highest BCUT2D eigenvalue weighted by Gasteiger charge is 2.52. The van der Waals surface area contributed by atoms with Gasteiger partial charge in [-0.1, -0.05) is 134 Å². The lowest BCUT2D eigenvalue weighted by Gasteiger charge is -2.38. The van der Waals surface area contributed by atoms with E-state index in [2.05, 4.69) is 170 Å². The van der Waals surface area contributed by atoms with E-state index in [1.807, 2.05) is 0 Å². The molecule has 2 nitrogen and oxygen atoms in total. The zero-order valence-electron chi connectivity index (χ0n) is 31.3. The number of furan rings is 1. The van der Waals surface area contributed by atoms with Crippen molar-refractivity contribution in [3.05, 3.63) is 185 Å². The third-order valence-corrected chi connectivity index (χ3v) is 13.0. The summed E-state index contributed by atoms with van der Waals surface area (Å²) in [5, 5.41) is 1.23. The zero-order chi connectivity index (χ0) is 36.0. The van der Waals surface area contributed by atoms with Crippen LogP contribution in [0.1, 0.15) is 73.8 Å². The van der Waals surface area contributed by atoms with Gasteiger partial charge < -0.3 is 9.32 Å². The molecule has 0 saturated heterocycles. The number of rotatable bonds is 8. The lowest BCUT2D eigenvalue weighted by molar-refractivity contribution is 0.249. The Kier molecular flexibility index (Phi) is 8.71. The highest BCUT2D eigenvalue weighted by Crippen LogP contribution is 2.60. The first-order valence-corrected chi connectivity index (χ1v) is 20.4. The quantitative estimate of drug-likeness (QED) is 0.182. The van der Waals surface area contributed by atoms with E-state index in [1.54, 1.807) is 11.1 Å². The number of benzene rings is 3. The number of fused-ring (bicyclic) bond motifs is 6. The molecule has 0 amide bonds. The Morgan fingerprint density at radius 1 is 0.722 bits per heavy atom. The summed E-state index contributed by atoms with van der Waals surface area (Å²) < 4.78 is 6.31. The molecule has 0 spiro atoms. The van der Waals surface area contributed by atoms with Crippen molar-refractivity contribution in [1.29, 1.82) is 0 Å². The molecule has 6 aliphatic rings. The molecule has 1 heterocycles. The molecule has 1 aromatic heterocycles. The maximum absolute atomic E-state index is 6.31. The zero-order valence-corrected chi connectivity index (χ0v) is 31.3. The SMILES string of the molecule is CCCC1=CC=C2C3C=CC=CC3C(C3C=CC=CC3)C2C1c1ccc(N(c2ccc(C3=CC=CCC3)cc2)c2ccc3oc4c(c3c2)CCC=C4)cc1. The molecule has 0 bridgehead atoms. The molecule has 0 radical (unpaired) electrons. The first kappa shape index (κ1) is 33.2. The summed E-state index contributed by atoms with van der Waals surface area (Å²) >= 11 is 0. The van der Waals surface area contributed by atoms with Gasteiger partial charge in [0.15, 0.2) is 0 Å². The van der Waals surface area contributed by atoms with Gasteiger partial charge in [-0.05, 0) is 127 Å². The third kappa shape index (κ3) is 5.79. The van der Waals surface area contributed by atoms with Crippen LogP contribution in [0.15, 0.2) is 167 Å². The van der Waals surface area contributed by atoms with Gasteiger partial charge in [0.2, 0.25) is 0 Å². The van der Waals surface area contributed by atoms with E-state index in [-0.39, 0.29) is 0 Å². The number of anilines is 3. The Labute approximate surface area is 320 Å². The lowest BCUT2D eigenvalue weighted by atomic mass is 9.65. The van der Waals surface area contributed by atoms with Crippen molar-refractivity contribution in [2.24, 2.45) is 29.6 Å². The van der Waals surface area contributed by atoms with Gasteiger partial charge in [0.1, 0.15) is 11.3 Å². The summed E-state index contributed by atoms with van der Waals surface area (Å²) in [5.41, 5.74) is 13.2. The minimum Gasteiger partial charge on any atom is -0.456 e. The van der Waals surface area contributed by atoms with Gasteiger partial charge in [-0.25, -0.2) is 0 Å². The molecule has 6 unspecified atom stereocenters. The van der Waals surface area contributed by atoms with Crippen LogP contribution >= 0.6 is 0 Å². The molecular formula is C52H49NO. The van der Waals surface area contributed by atoms with E-state index in [0.717, 1.165) is 62.0 Å². The van der Waals surface area contributed by atoms with Gasteiger partial charge in [0.05, 0.1) is 0 Å². The Morgan fingerprint density at radius 3 is 2.31 bits per heavy atom. The monoisotopic (exact) mass is 703 g/mol. The minimum absolute atomic E-state index is 0.378. The van der Waals surface area contributed by atoms with Crippen molar-refractivity contribution in [2.75, 3.05) is 4.90 Å². The van der Waals surface area contributed by atoms with Crippen molar-refractivity contribution in [1.82, 2.24) is 0 Å². The second kappa shape index (κ2) is 14.1. The molecule has 6 aliphatic carbocycles. The molecule has 3 aromatic carbocycles. The van der Waals surface area contributed by atoms with E-state index in [4.69, 9.17) is 4.42 Å². The van der Waals surface area contributed by atoms with Crippen LogP contribution in [0.4, 0.5) is 17.1 Å². The van der Waals surface area contributed by atoms with Crippen LogP contribution in [0.3, 0.4) is 0 Å². The second-order valence-electron chi connectivity index (χ2n) is 16.0. The number of nitrogens with zero attached hydrogens (tertiary/aromatic N) is 1. The highest BCUT2D eigenvalue weighted by molar-refractivity contribution is 5.91. The van der Waals surface area contributed by atoms with Gasteiger partial charge in [0, 0.05) is 39.8 Å². The van der Waals surface area contributed by atoms with Crippen molar-refractivity contribution < 1.29 is 4.42 Å². The average Bonchev–Trinajstić information content (AvgIpc) is 3.78. The molecule has 0 aliphatic heterocycles. The normalized spacial score (nSPS) is 26.3. The van der Waals surface area contributed by atoms with Crippen LogP contribution in [0.2, 0.25) is 0 Å². The van der Waals surface area contributed by atoms with E-state index < -0.39 is 0 Å². The summed E-state index contributed by atoms with van der Waals surface area (Å²) in [6, 6.07) is 25.7. The molecule has 0 N–H and O–H groups in total. The Balaban J connectivity index is 1.06. The highest BCUT2D eigenvalue weighted by atomic mass is 16.3. The summed E-state index contributed by atoms with van der Waals surface area (Å²) in [5.74, 6) is 4.03. The predicted octanol–water partition coefficient (Wildman–Crippen LogP) is 14.1. The molecule has 4 aromatic rings. The summed E-state index contributed by atoms with van der Waals surface area (Å²) in [4.78, 5) is 2.44. The van der Waals surface area contributed by atoms with Gasteiger partial charge >= 0.3 is 0 Å². The molecule has 268 valence electrons. The van der Waals surface area contributed by atoms with Crippen LogP contribution in [-0.4, -0.2) is 0 Å². The maximum Gasteiger partial charge on any atom is 0.135 e. The number of allylic oxidation sites excluding steroid dienone is 17. The third-order valence-electron chi connectivity index (χ3n) is 13.0. The second-order valence-corrected chi connectivity index (χ2v) is 16.0. The number of hydrogen-bond donors (Lipinski definition) is 0. The topological polar surface area (TPSA) is 16.4 Å². The first-order chi connectivity index (χ1) is 26.7. The molecular weight excluding hydrogens is 655 g/mol. The van der Waals surface area contributed by atoms with Crippen LogP contribution in [0.25, 0.3) is 22.6 Å². The van der Waals surface area contributed by atoms with Crippen LogP contribution in [0.5, 0.6) is 0 Å². The van der Waals surface area contributed by atoms with Crippen molar-refractivity contribution in [3.63, 3.8) is 0 Å². The Hall–Kier alpha value is -5.34. The first-order valence-electron chi connectivity index (χ1n) is 20.4. The minimum atomic E-state index is 0.378. The molecule has 54 heavy (non-hydrogen) atoms. The van der Waals surface area contributed by atoms with Crippen LogP contribution < -0.4 is 4.90 Å². The van der Waals surface area contributed by atoms with E-state index in [0.29, 0.717) is 35.5 Å². The standard InChI is InChI=1S/C52H49NO/c1-2-13-37-26-32-46-43-18-9-10-20-45(43)51(38-16-7-4-8-17-38)52(46)50(37)39-24-29-41(30-25-39)53(40-27-22-36(23-28-40)35-14-5-3-6-15-35)42-31-33-49-47(34-42)44-19-11-12-21-48(44)54-49/h3-5,7-10,12,14,16,18,20-34,38,43,45,50-52H,2,6,11,13,15,17,19H2,1H3. The van der Waals surface area contributed by atoms with Gasteiger partial charge in [-0.15, -0.1) is 0 Å². The maximum atomic E-state index is 6.31. The van der Waals surface area contributed by atoms with E-state index in [1.165, 1.54) is 39.0 Å². The lowest BCUT2D eigenvalue weighted by Crippen LogP contribution is -2.30. The van der Waals surface area contributed by atoms with E-state index >= 15 is 0 Å². The Morgan fingerprint density at radius 2 is 1.52 bits per heavy atom. The molecule has 1 saturated carbocycles. The summed E-state index contributed by atoms with van der Waals surface area (Å²) in [6.45, 7) is 2.33. The smallest absolute Gasteiger partial charge is 0.135 e. The Bertz CT molecular complexity index is 2350. The van der Waals surface area contributed by atoms with E-state index in [9.17, 15) is 0 Å². The van der Waals surface area contributed by atoms with Gasteiger partial charge in [-0.3, -0.25) is 0 Å².